The maximum atomic E-state index is 13.0. The molecule has 0 aromatic heterocycles. The largest absolute Gasteiger partial charge is 0.496 e. The van der Waals surface area contributed by atoms with E-state index in [1.807, 2.05) is 35.2 Å². The zero-order valence-corrected chi connectivity index (χ0v) is 17.4. The van der Waals surface area contributed by atoms with E-state index >= 15 is 0 Å². The number of rotatable bonds is 4. The Morgan fingerprint density at radius 2 is 1.77 bits per heavy atom. The summed E-state index contributed by atoms with van der Waals surface area (Å²) in [5, 5.41) is 0. The molecule has 3 aromatic carbocycles. The average Bonchev–Trinajstić information content (AvgIpc) is 3.39. The van der Waals surface area contributed by atoms with Crippen LogP contribution in [0.3, 0.4) is 0 Å². The van der Waals surface area contributed by atoms with Crippen molar-refractivity contribution in [1.82, 2.24) is 0 Å². The molecule has 152 valence electrons. The van der Waals surface area contributed by atoms with Gasteiger partial charge in [-0.25, -0.2) is 4.79 Å². The highest BCUT2D eigenvalue weighted by Gasteiger charge is 2.37. The lowest BCUT2D eigenvalue weighted by molar-refractivity contribution is 0.179. The maximum absolute atomic E-state index is 13.0. The van der Waals surface area contributed by atoms with Gasteiger partial charge in [0.15, 0.2) is 0 Å². The highest BCUT2D eigenvalue weighted by atomic mass is 16.6. The summed E-state index contributed by atoms with van der Waals surface area (Å²) in [6, 6.07) is 20.5. The number of carbonyl (C=O) groups is 1. The number of hydrogen-bond acceptors (Lipinski definition) is 3. The molecule has 1 aliphatic carbocycles. The van der Waals surface area contributed by atoms with Gasteiger partial charge in [-0.05, 0) is 66.6 Å². The Kier molecular flexibility index (Phi) is 4.70. The van der Waals surface area contributed by atoms with E-state index in [0.29, 0.717) is 6.61 Å². The lowest BCUT2D eigenvalue weighted by atomic mass is 9.93. The molecule has 0 bridgehead atoms. The third-order valence-corrected chi connectivity index (χ3v) is 6.25. The quantitative estimate of drug-likeness (QED) is 0.552. The number of amides is 1. The van der Waals surface area contributed by atoms with Crippen LogP contribution in [0.4, 0.5) is 10.5 Å². The molecule has 0 unspecified atom stereocenters. The molecule has 1 saturated heterocycles. The van der Waals surface area contributed by atoms with Gasteiger partial charge in [0.2, 0.25) is 0 Å². The molecule has 5 rings (SSSR count). The summed E-state index contributed by atoms with van der Waals surface area (Å²) in [6.45, 7) is 2.44. The van der Waals surface area contributed by atoms with Crippen LogP contribution in [0, 0.1) is 6.92 Å². The van der Waals surface area contributed by atoms with E-state index < -0.39 is 0 Å². The van der Waals surface area contributed by atoms with Crippen molar-refractivity contribution in [3.63, 3.8) is 0 Å². The van der Waals surface area contributed by atoms with Crippen molar-refractivity contribution in [2.24, 2.45) is 0 Å². The van der Waals surface area contributed by atoms with Gasteiger partial charge in [-0.15, -0.1) is 0 Å². The molecule has 0 spiro atoms. The van der Waals surface area contributed by atoms with Crippen LogP contribution in [0.15, 0.2) is 60.7 Å². The number of hydrogen-bond donors (Lipinski definition) is 0. The van der Waals surface area contributed by atoms with Crippen molar-refractivity contribution >= 4 is 11.8 Å². The van der Waals surface area contributed by atoms with Gasteiger partial charge in [0.25, 0.3) is 0 Å². The smallest absolute Gasteiger partial charge is 0.415 e. The van der Waals surface area contributed by atoms with Gasteiger partial charge in [0, 0.05) is 11.1 Å². The zero-order chi connectivity index (χ0) is 20.7. The monoisotopic (exact) mass is 399 g/mol. The van der Waals surface area contributed by atoms with E-state index in [1.165, 1.54) is 11.1 Å². The first-order valence-electron chi connectivity index (χ1n) is 10.5. The minimum absolute atomic E-state index is 0.146. The maximum Gasteiger partial charge on any atom is 0.415 e. The first kappa shape index (κ1) is 18.7. The zero-order valence-electron chi connectivity index (χ0n) is 17.4. The van der Waals surface area contributed by atoms with Crippen LogP contribution < -0.4 is 9.64 Å². The molecular formula is C26H25NO3. The molecule has 1 fully saturated rings. The second-order valence-corrected chi connectivity index (χ2v) is 8.02. The number of carbonyl (C=O) groups excluding carboxylic acids is 1. The summed E-state index contributed by atoms with van der Waals surface area (Å²) < 4.78 is 11.3. The predicted octanol–water partition coefficient (Wildman–Crippen LogP) is 5.86. The molecule has 30 heavy (non-hydrogen) atoms. The van der Waals surface area contributed by atoms with Crippen LogP contribution in [0.2, 0.25) is 0 Å². The van der Waals surface area contributed by atoms with Crippen LogP contribution in [0.5, 0.6) is 5.75 Å². The van der Waals surface area contributed by atoms with Crippen molar-refractivity contribution in [2.45, 2.75) is 32.2 Å². The second kappa shape index (κ2) is 7.52. The highest BCUT2D eigenvalue weighted by molar-refractivity contribution is 5.98. The number of aryl methyl sites for hydroxylation is 3. The molecule has 1 aliphatic heterocycles. The van der Waals surface area contributed by atoms with Crippen molar-refractivity contribution in [3.05, 3.63) is 82.9 Å². The molecular weight excluding hydrogens is 374 g/mol. The predicted molar refractivity (Wildman–Crippen MR) is 118 cm³/mol. The summed E-state index contributed by atoms with van der Waals surface area (Å²) in [4.78, 5) is 14.8. The third kappa shape index (κ3) is 3.04. The molecule has 3 aromatic rings. The summed E-state index contributed by atoms with van der Waals surface area (Å²) in [5.74, 6) is 0.818. The first-order chi connectivity index (χ1) is 14.7. The summed E-state index contributed by atoms with van der Waals surface area (Å²) >= 11 is 0. The van der Waals surface area contributed by atoms with E-state index in [1.54, 1.807) is 7.11 Å². The van der Waals surface area contributed by atoms with Crippen molar-refractivity contribution in [1.29, 1.82) is 0 Å². The Morgan fingerprint density at radius 3 is 2.53 bits per heavy atom. The number of ether oxygens (including phenoxy) is 2. The molecule has 0 radical (unpaired) electrons. The lowest BCUT2D eigenvalue weighted by Crippen LogP contribution is -2.28. The van der Waals surface area contributed by atoms with E-state index in [9.17, 15) is 4.79 Å². The highest BCUT2D eigenvalue weighted by Crippen LogP contribution is 2.45. The van der Waals surface area contributed by atoms with Gasteiger partial charge in [0.05, 0.1) is 18.8 Å². The first-order valence-corrected chi connectivity index (χ1v) is 10.5. The number of nitrogens with zero attached hydrogens (tertiary/aromatic N) is 1. The Hall–Kier alpha value is -3.27. The van der Waals surface area contributed by atoms with Gasteiger partial charge >= 0.3 is 6.09 Å². The Balaban J connectivity index is 1.73. The average molecular weight is 399 g/mol. The summed E-state index contributed by atoms with van der Waals surface area (Å²) in [5.41, 5.74) is 7.86. The standard InChI is InChI=1S/C26H25NO3/c1-17-8-6-13-24(29-2)25(17)21-14-19-11-7-12-20(19)15-22(21)27-23(16-30-26(27)28)18-9-4-3-5-10-18/h3-6,8-10,13-15,23H,7,11-12,16H2,1-2H3/t23-/m0/s1. The fourth-order valence-electron chi connectivity index (χ4n) is 4.78. The fourth-order valence-corrected chi connectivity index (χ4v) is 4.78. The SMILES string of the molecule is COc1cccc(C)c1-c1cc2c(cc1N1C(=O)OC[C@H]1c1ccccc1)CCC2. The number of methoxy groups -OCH3 is 1. The van der Waals surface area contributed by atoms with Gasteiger partial charge in [-0.1, -0.05) is 42.5 Å². The molecule has 4 heteroatoms. The normalized spacial score (nSPS) is 17.7. The number of anilines is 1. The summed E-state index contributed by atoms with van der Waals surface area (Å²) in [7, 11) is 1.70. The van der Waals surface area contributed by atoms with E-state index in [2.05, 4.69) is 37.3 Å². The van der Waals surface area contributed by atoms with Crippen LogP contribution in [-0.4, -0.2) is 19.8 Å². The van der Waals surface area contributed by atoms with E-state index in [0.717, 1.165) is 53.0 Å². The van der Waals surface area contributed by atoms with Gasteiger partial charge in [0.1, 0.15) is 12.4 Å². The van der Waals surface area contributed by atoms with Gasteiger partial charge < -0.3 is 9.47 Å². The van der Waals surface area contributed by atoms with Crippen molar-refractivity contribution < 1.29 is 14.3 Å². The molecule has 1 atom stereocenters. The van der Waals surface area contributed by atoms with Crippen LogP contribution >= 0.6 is 0 Å². The molecule has 2 aliphatic rings. The second-order valence-electron chi connectivity index (χ2n) is 8.02. The van der Waals surface area contributed by atoms with Crippen LogP contribution in [-0.2, 0) is 17.6 Å². The number of cyclic esters (lactones) is 1. The van der Waals surface area contributed by atoms with Crippen LogP contribution in [0.25, 0.3) is 11.1 Å². The topological polar surface area (TPSA) is 38.8 Å². The molecule has 4 nitrogen and oxygen atoms in total. The van der Waals surface area contributed by atoms with E-state index in [4.69, 9.17) is 9.47 Å². The summed E-state index contributed by atoms with van der Waals surface area (Å²) in [6.07, 6.45) is 2.97. The number of benzene rings is 3. The molecule has 0 N–H and O–H groups in total. The Labute approximate surface area is 177 Å². The molecule has 0 saturated carbocycles. The fraction of sp³-hybridized carbons (Fsp3) is 0.269. The van der Waals surface area contributed by atoms with Gasteiger partial charge in [-0.3, -0.25) is 4.90 Å². The van der Waals surface area contributed by atoms with Gasteiger partial charge in [-0.2, -0.15) is 0 Å². The molecule has 1 amide bonds. The lowest BCUT2D eigenvalue weighted by Gasteiger charge is -2.26. The van der Waals surface area contributed by atoms with Crippen molar-refractivity contribution in [2.75, 3.05) is 18.6 Å². The minimum Gasteiger partial charge on any atom is -0.496 e. The van der Waals surface area contributed by atoms with E-state index in [-0.39, 0.29) is 12.1 Å². The minimum atomic E-state index is -0.296. The Morgan fingerprint density at radius 1 is 1.00 bits per heavy atom. The third-order valence-electron chi connectivity index (χ3n) is 6.25. The van der Waals surface area contributed by atoms with Crippen molar-refractivity contribution in [3.8, 4) is 16.9 Å². The van der Waals surface area contributed by atoms with Crippen LogP contribution in [0.1, 0.15) is 34.7 Å². The molecule has 1 heterocycles. The Bertz CT molecular complexity index is 1110. The number of fused-ring (bicyclic) bond motifs is 1.